The highest BCUT2D eigenvalue weighted by Crippen LogP contribution is 2.24. The predicted molar refractivity (Wildman–Crippen MR) is 79.9 cm³/mol. The van der Waals surface area contributed by atoms with E-state index in [-0.39, 0.29) is 5.91 Å². The molecule has 19 heavy (non-hydrogen) atoms. The molecule has 1 N–H and O–H groups in total. The number of likely N-dealkylation sites (tertiary alicyclic amines) is 1. The second-order valence-electron chi connectivity index (χ2n) is 5.16. The first kappa shape index (κ1) is 14.6. The van der Waals surface area contributed by atoms with Crippen LogP contribution in [-0.4, -0.2) is 30.9 Å². The van der Waals surface area contributed by atoms with E-state index in [1.165, 1.54) is 0 Å². The molecule has 0 saturated carbocycles. The van der Waals surface area contributed by atoms with E-state index in [2.05, 4.69) is 17.3 Å². The molecule has 1 aliphatic rings. The van der Waals surface area contributed by atoms with Crippen molar-refractivity contribution >= 4 is 34.8 Å². The predicted octanol–water partition coefficient (Wildman–Crippen LogP) is 3.66. The number of amides is 1. The Morgan fingerprint density at radius 3 is 2.42 bits per heavy atom. The van der Waals surface area contributed by atoms with Crippen LogP contribution in [0.2, 0.25) is 10.0 Å². The van der Waals surface area contributed by atoms with Crippen LogP contribution >= 0.6 is 23.2 Å². The van der Waals surface area contributed by atoms with Crippen LogP contribution in [0.3, 0.4) is 0 Å². The van der Waals surface area contributed by atoms with Gasteiger partial charge in [-0.1, -0.05) is 23.2 Å². The van der Waals surface area contributed by atoms with E-state index in [1.807, 2.05) is 0 Å². The minimum Gasteiger partial charge on any atom is -0.326 e. The van der Waals surface area contributed by atoms with Crippen LogP contribution in [0, 0.1) is 5.92 Å². The highest BCUT2D eigenvalue weighted by Gasteiger charge is 2.19. The summed E-state index contributed by atoms with van der Waals surface area (Å²) < 4.78 is 0. The van der Waals surface area contributed by atoms with Gasteiger partial charge in [0, 0.05) is 22.2 Å². The number of hydrogen-bond donors (Lipinski definition) is 1. The van der Waals surface area contributed by atoms with Crippen LogP contribution in [0.5, 0.6) is 0 Å². The van der Waals surface area contributed by atoms with Gasteiger partial charge in [-0.2, -0.15) is 0 Å². The number of anilines is 1. The second kappa shape index (κ2) is 6.60. The third-order valence-electron chi connectivity index (χ3n) is 3.46. The number of carbonyl (C=O) groups is 1. The average molecular weight is 301 g/mol. The summed E-state index contributed by atoms with van der Waals surface area (Å²) >= 11 is 11.8. The fraction of sp³-hybridized carbons (Fsp3) is 0.500. The van der Waals surface area contributed by atoms with E-state index >= 15 is 0 Å². The fourth-order valence-electron chi connectivity index (χ4n) is 2.37. The van der Waals surface area contributed by atoms with Crippen LogP contribution in [-0.2, 0) is 4.79 Å². The lowest BCUT2D eigenvalue weighted by Gasteiger charge is -2.28. The number of carbonyl (C=O) groups excluding carboxylic acids is 1. The van der Waals surface area contributed by atoms with E-state index < -0.39 is 0 Å². The zero-order valence-corrected chi connectivity index (χ0v) is 12.5. The van der Waals surface area contributed by atoms with Gasteiger partial charge in [0.25, 0.3) is 0 Å². The van der Waals surface area contributed by atoms with E-state index in [4.69, 9.17) is 23.2 Å². The maximum atomic E-state index is 12.0. The number of piperidine rings is 1. The molecular weight excluding hydrogens is 283 g/mol. The Morgan fingerprint density at radius 2 is 1.84 bits per heavy atom. The van der Waals surface area contributed by atoms with Gasteiger partial charge in [-0.05, 0) is 57.1 Å². The molecule has 0 radical (unpaired) electrons. The summed E-state index contributed by atoms with van der Waals surface area (Å²) in [6.07, 6.45) is 2.73. The van der Waals surface area contributed by atoms with E-state index in [0.29, 0.717) is 28.1 Å². The molecule has 1 amide bonds. The zero-order chi connectivity index (χ0) is 13.8. The standard InChI is InChI=1S/C14H18Cl2N2O/c1-18-4-2-10(3-5-18)6-14(19)17-13-8-11(15)7-12(16)9-13/h7-10H,2-6H2,1H3,(H,17,19). The molecule has 1 aromatic carbocycles. The average Bonchev–Trinajstić information content (AvgIpc) is 2.30. The van der Waals surface area contributed by atoms with Crippen molar-refractivity contribution in [3.05, 3.63) is 28.2 Å². The zero-order valence-electron chi connectivity index (χ0n) is 11.0. The minimum atomic E-state index is 0.0351. The maximum absolute atomic E-state index is 12.0. The molecule has 0 atom stereocenters. The summed E-state index contributed by atoms with van der Waals surface area (Å²) in [6, 6.07) is 5.07. The SMILES string of the molecule is CN1CCC(CC(=O)Nc2cc(Cl)cc(Cl)c2)CC1. The maximum Gasteiger partial charge on any atom is 0.224 e. The number of nitrogens with one attached hydrogen (secondary N) is 1. The van der Waals surface area contributed by atoms with Crippen LogP contribution < -0.4 is 5.32 Å². The molecule has 1 heterocycles. The molecule has 1 saturated heterocycles. The first-order valence-electron chi connectivity index (χ1n) is 6.47. The van der Waals surface area contributed by atoms with E-state index in [1.54, 1.807) is 18.2 Å². The monoisotopic (exact) mass is 300 g/mol. The van der Waals surface area contributed by atoms with Crippen molar-refractivity contribution in [2.45, 2.75) is 19.3 Å². The van der Waals surface area contributed by atoms with Gasteiger partial charge >= 0.3 is 0 Å². The Bertz CT molecular complexity index is 437. The van der Waals surface area contributed by atoms with E-state index in [0.717, 1.165) is 25.9 Å². The Balaban J connectivity index is 1.87. The van der Waals surface area contributed by atoms with Gasteiger partial charge in [0.15, 0.2) is 0 Å². The molecule has 1 fully saturated rings. The molecule has 1 aliphatic heterocycles. The lowest BCUT2D eigenvalue weighted by Crippen LogP contribution is -2.31. The van der Waals surface area contributed by atoms with Gasteiger partial charge in [-0.15, -0.1) is 0 Å². The molecule has 1 aromatic rings. The van der Waals surface area contributed by atoms with Crippen molar-refractivity contribution in [1.82, 2.24) is 4.90 Å². The molecule has 0 spiro atoms. The van der Waals surface area contributed by atoms with Crippen molar-refractivity contribution in [2.24, 2.45) is 5.92 Å². The topological polar surface area (TPSA) is 32.3 Å². The molecule has 0 aromatic heterocycles. The first-order chi connectivity index (χ1) is 9.02. The molecule has 5 heteroatoms. The Morgan fingerprint density at radius 1 is 1.26 bits per heavy atom. The second-order valence-corrected chi connectivity index (χ2v) is 6.03. The van der Waals surface area contributed by atoms with Crippen molar-refractivity contribution in [3.8, 4) is 0 Å². The number of rotatable bonds is 3. The number of halogens is 2. The lowest BCUT2D eigenvalue weighted by molar-refractivity contribution is -0.117. The third-order valence-corrected chi connectivity index (χ3v) is 3.89. The summed E-state index contributed by atoms with van der Waals surface area (Å²) in [7, 11) is 2.12. The smallest absolute Gasteiger partial charge is 0.224 e. The summed E-state index contributed by atoms with van der Waals surface area (Å²) in [6.45, 7) is 2.14. The molecule has 0 aliphatic carbocycles. The fourth-order valence-corrected chi connectivity index (χ4v) is 2.89. The Kier molecular flexibility index (Phi) is 5.08. The van der Waals surface area contributed by atoms with Gasteiger partial charge in [-0.3, -0.25) is 4.79 Å². The summed E-state index contributed by atoms with van der Waals surface area (Å²) in [5.74, 6) is 0.513. The summed E-state index contributed by atoms with van der Waals surface area (Å²) in [5.41, 5.74) is 0.662. The molecule has 3 nitrogen and oxygen atoms in total. The van der Waals surface area contributed by atoms with Gasteiger partial charge in [0.2, 0.25) is 5.91 Å². The molecule has 104 valence electrons. The number of nitrogens with zero attached hydrogens (tertiary/aromatic N) is 1. The number of hydrogen-bond acceptors (Lipinski definition) is 2. The molecule has 0 unspecified atom stereocenters. The largest absolute Gasteiger partial charge is 0.326 e. The Hall–Kier alpha value is -0.770. The van der Waals surface area contributed by atoms with Gasteiger partial charge in [-0.25, -0.2) is 0 Å². The minimum absolute atomic E-state index is 0.0351. The normalized spacial score (nSPS) is 17.4. The van der Waals surface area contributed by atoms with Crippen molar-refractivity contribution in [1.29, 1.82) is 0 Å². The van der Waals surface area contributed by atoms with Crippen molar-refractivity contribution < 1.29 is 4.79 Å². The van der Waals surface area contributed by atoms with Gasteiger partial charge in [0.1, 0.15) is 0 Å². The van der Waals surface area contributed by atoms with Gasteiger partial charge in [0.05, 0.1) is 0 Å². The molecule has 2 rings (SSSR count). The summed E-state index contributed by atoms with van der Waals surface area (Å²) in [4.78, 5) is 14.3. The van der Waals surface area contributed by atoms with Crippen LogP contribution in [0.4, 0.5) is 5.69 Å². The number of benzene rings is 1. The van der Waals surface area contributed by atoms with Crippen molar-refractivity contribution in [3.63, 3.8) is 0 Å². The summed E-state index contributed by atoms with van der Waals surface area (Å²) in [5, 5.41) is 3.92. The highest BCUT2D eigenvalue weighted by atomic mass is 35.5. The van der Waals surface area contributed by atoms with E-state index in [9.17, 15) is 4.79 Å². The molecular formula is C14H18Cl2N2O. The lowest BCUT2D eigenvalue weighted by atomic mass is 9.93. The van der Waals surface area contributed by atoms with Crippen LogP contribution in [0.25, 0.3) is 0 Å². The quantitative estimate of drug-likeness (QED) is 0.924. The third kappa shape index (κ3) is 4.68. The highest BCUT2D eigenvalue weighted by molar-refractivity contribution is 6.35. The van der Waals surface area contributed by atoms with Crippen LogP contribution in [0.1, 0.15) is 19.3 Å². The van der Waals surface area contributed by atoms with Crippen LogP contribution in [0.15, 0.2) is 18.2 Å². The first-order valence-corrected chi connectivity index (χ1v) is 7.23. The molecule has 0 bridgehead atoms. The Labute approximate surface area is 123 Å². The van der Waals surface area contributed by atoms with Crippen molar-refractivity contribution in [2.75, 3.05) is 25.5 Å². The van der Waals surface area contributed by atoms with Gasteiger partial charge < -0.3 is 10.2 Å².